The van der Waals surface area contributed by atoms with Gasteiger partial charge >= 0.3 is 12.1 Å². The van der Waals surface area contributed by atoms with E-state index in [0.29, 0.717) is 12.8 Å². The lowest BCUT2D eigenvalue weighted by atomic mass is 9.71. The average Bonchev–Trinajstić information content (AvgIpc) is 3.13. The molecule has 2 aliphatic carbocycles. The van der Waals surface area contributed by atoms with E-state index in [9.17, 15) is 14.4 Å². The highest BCUT2D eigenvalue weighted by atomic mass is 16.7. The number of carboxylic acids is 1. The van der Waals surface area contributed by atoms with Crippen LogP contribution in [0, 0.1) is 5.41 Å². The van der Waals surface area contributed by atoms with Gasteiger partial charge in [-0.2, -0.15) is 0 Å². The van der Waals surface area contributed by atoms with Crippen LogP contribution in [0.2, 0.25) is 0 Å². The highest BCUT2D eigenvalue weighted by molar-refractivity contribution is 5.83. The number of nitrogens with one attached hydrogen (secondary N) is 2. The van der Waals surface area contributed by atoms with Gasteiger partial charge in [0, 0.05) is 12.0 Å². The van der Waals surface area contributed by atoms with Gasteiger partial charge in [-0.05, 0) is 42.0 Å². The SMILES string of the molecule is CC1(C(=O)NOCC(=O)O)CCCCC1NC(=O)OCC1c2ccccc2-c2ccccc21. The number of fused-ring (bicyclic) bond motifs is 3. The number of carbonyl (C=O) groups is 3. The number of hydrogen-bond acceptors (Lipinski definition) is 5. The van der Waals surface area contributed by atoms with Gasteiger partial charge in [-0.3, -0.25) is 9.63 Å². The Morgan fingerprint density at radius 1 is 1.03 bits per heavy atom. The fourth-order valence-electron chi connectivity index (χ4n) is 4.90. The topological polar surface area (TPSA) is 114 Å². The van der Waals surface area contributed by atoms with Crippen LogP contribution in [-0.2, 0) is 19.2 Å². The van der Waals surface area contributed by atoms with Gasteiger partial charge in [0.1, 0.15) is 6.61 Å². The van der Waals surface area contributed by atoms with Crippen molar-refractivity contribution in [3.8, 4) is 11.1 Å². The first-order valence-corrected chi connectivity index (χ1v) is 11.2. The van der Waals surface area contributed by atoms with E-state index in [0.717, 1.165) is 35.1 Å². The molecule has 1 saturated carbocycles. The Labute approximate surface area is 192 Å². The molecule has 174 valence electrons. The van der Waals surface area contributed by atoms with E-state index >= 15 is 0 Å². The van der Waals surface area contributed by atoms with Crippen molar-refractivity contribution in [2.24, 2.45) is 5.41 Å². The Hall–Kier alpha value is -3.39. The summed E-state index contributed by atoms with van der Waals surface area (Å²) < 4.78 is 5.64. The molecule has 2 amide bonds. The molecule has 0 heterocycles. The van der Waals surface area contributed by atoms with Gasteiger partial charge in [0.15, 0.2) is 6.61 Å². The molecule has 0 aliphatic heterocycles. The normalized spacial score (nSPS) is 21.5. The molecule has 1 fully saturated rings. The maximum Gasteiger partial charge on any atom is 0.407 e. The summed E-state index contributed by atoms with van der Waals surface area (Å²) in [6.07, 6.45) is 2.28. The van der Waals surface area contributed by atoms with Gasteiger partial charge in [-0.25, -0.2) is 15.1 Å². The zero-order valence-corrected chi connectivity index (χ0v) is 18.5. The zero-order valence-electron chi connectivity index (χ0n) is 18.5. The summed E-state index contributed by atoms with van der Waals surface area (Å²) in [6.45, 7) is 1.31. The molecule has 4 rings (SSSR count). The zero-order chi connectivity index (χ0) is 23.4. The molecule has 0 bridgehead atoms. The standard InChI is InChI=1S/C25H28N2O6/c1-25(23(30)27-33-15-22(28)29)13-7-6-12-21(25)26-24(31)32-14-20-18-10-4-2-8-16(18)17-9-3-5-11-19(17)20/h2-5,8-11,20-21H,6-7,12-15H2,1H3,(H,26,31)(H,27,30)(H,28,29). The number of benzene rings is 2. The first kappa shape index (κ1) is 22.8. The molecule has 2 unspecified atom stereocenters. The summed E-state index contributed by atoms with van der Waals surface area (Å²) in [5.74, 6) is -1.68. The number of hydrogen-bond donors (Lipinski definition) is 3. The van der Waals surface area contributed by atoms with Gasteiger partial charge in [0.05, 0.1) is 5.41 Å². The van der Waals surface area contributed by atoms with Crippen LogP contribution < -0.4 is 10.8 Å². The quantitative estimate of drug-likeness (QED) is 0.553. The minimum Gasteiger partial charge on any atom is -0.479 e. The first-order chi connectivity index (χ1) is 15.9. The van der Waals surface area contributed by atoms with E-state index in [1.807, 2.05) is 24.3 Å². The summed E-state index contributed by atoms with van der Waals surface area (Å²) in [4.78, 5) is 40.8. The van der Waals surface area contributed by atoms with E-state index < -0.39 is 36.0 Å². The van der Waals surface area contributed by atoms with Crippen molar-refractivity contribution in [1.82, 2.24) is 10.8 Å². The number of carbonyl (C=O) groups excluding carboxylic acids is 2. The predicted octanol–water partition coefficient (Wildman–Crippen LogP) is 3.61. The van der Waals surface area contributed by atoms with E-state index in [4.69, 9.17) is 14.7 Å². The van der Waals surface area contributed by atoms with Gasteiger partial charge in [0.25, 0.3) is 5.91 Å². The van der Waals surface area contributed by atoms with E-state index in [1.165, 1.54) is 0 Å². The van der Waals surface area contributed by atoms with Crippen LogP contribution in [0.5, 0.6) is 0 Å². The van der Waals surface area contributed by atoms with Crippen LogP contribution in [0.1, 0.15) is 49.7 Å². The molecule has 3 N–H and O–H groups in total. The summed E-state index contributed by atoms with van der Waals surface area (Å²) in [7, 11) is 0. The third-order valence-corrected chi connectivity index (χ3v) is 6.72. The monoisotopic (exact) mass is 452 g/mol. The van der Waals surface area contributed by atoms with Crippen molar-refractivity contribution in [2.45, 2.75) is 44.6 Å². The average molecular weight is 453 g/mol. The van der Waals surface area contributed by atoms with E-state index in [-0.39, 0.29) is 12.5 Å². The van der Waals surface area contributed by atoms with Gasteiger partial charge in [-0.15, -0.1) is 0 Å². The van der Waals surface area contributed by atoms with Gasteiger partial charge in [0.2, 0.25) is 0 Å². The Morgan fingerprint density at radius 3 is 2.30 bits per heavy atom. The van der Waals surface area contributed by atoms with Crippen LogP contribution in [0.15, 0.2) is 48.5 Å². The second kappa shape index (κ2) is 9.62. The largest absolute Gasteiger partial charge is 0.479 e. The molecule has 2 aliphatic rings. The van der Waals surface area contributed by atoms with Crippen LogP contribution >= 0.6 is 0 Å². The molecule has 2 atom stereocenters. The number of aliphatic carboxylic acids is 1. The highest BCUT2D eigenvalue weighted by Crippen LogP contribution is 2.44. The molecular weight excluding hydrogens is 424 g/mol. The van der Waals surface area contributed by atoms with Crippen molar-refractivity contribution < 1.29 is 29.1 Å². The van der Waals surface area contributed by atoms with E-state index in [1.54, 1.807) is 6.92 Å². The molecule has 2 aromatic rings. The third-order valence-electron chi connectivity index (χ3n) is 6.72. The third kappa shape index (κ3) is 4.71. The van der Waals surface area contributed by atoms with E-state index in [2.05, 4.69) is 35.1 Å². The molecule has 0 saturated heterocycles. The molecule has 33 heavy (non-hydrogen) atoms. The molecule has 8 nitrogen and oxygen atoms in total. The van der Waals surface area contributed by atoms with Crippen LogP contribution in [0.25, 0.3) is 11.1 Å². The lowest BCUT2D eigenvalue weighted by Crippen LogP contribution is -2.55. The van der Waals surface area contributed by atoms with Crippen molar-refractivity contribution in [1.29, 1.82) is 0 Å². The molecule has 8 heteroatoms. The predicted molar refractivity (Wildman–Crippen MR) is 120 cm³/mol. The van der Waals surface area contributed by atoms with Crippen LogP contribution in [0.3, 0.4) is 0 Å². The van der Waals surface area contributed by atoms with Crippen molar-refractivity contribution in [3.05, 3.63) is 59.7 Å². The van der Waals surface area contributed by atoms with Gasteiger partial charge < -0.3 is 15.2 Å². The minimum absolute atomic E-state index is 0.0476. The van der Waals surface area contributed by atoms with Crippen molar-refractivity contribution in [2.75, 3.05) is 13.2 Å². The molecular formula is C25H28N2O6. The number of rotatable bonds is 7. The minimum atomic E-state index is -1.18. The first-order valence-electron chi connectivity index (χ1n) is 11.2. The fourth-order valence-corrected chi connectivity index (χ4v) is 4.90. The molecule has 0 aromatic heterocycles. The number of amides is 2. The number of hydroxylamine groups is 1. The summed E-state index contributed by atoms with van der Waals surface area (Å²) >= 11 is 0. The Morgan fingerprint density at radius 2 is 1.67 bits per heavy atom. The number of ether oxygens (including phenoxy) is 1. The lowest BCUT2D eigenvalue weighted by Gasteiger charge is -2.39. The molecule has 2 aromatic carbocycles. The Bertz CT molecular complexity index is 1010. The number of carboxylic acid groups (broad SMARTS) is 1. The lowest BCUT2D eigenvalue weighted by molar-refractivity contribution is -0.154. The Balaban J connectivity index is 1.40. The van der Waals surface area contributed by atoms with Crippen LogP contribution in [-0.4, -0.2) is 42.3 Å². The number of alkyl carbamates (subject to hydrolysis) is 1. The van der Waals surface area contributed by atoms with Crippen molar-refractivity contribution >= 4 is 18.0 Å². The summed E-state index contributed by atoms with van der Waals surface area (Å²) in [5.41, 5.74) is 5.85. The molecule has 0 radical (unpaired) electrons. The Kier molecular flexibility index (Phi) is 6.65. The maximum atomic E-state index is 12.7. The van der Waals surface area contributed by atoms with Crippen molar-refractivity contribution in [3.63, 3.8) is 0 Å². The second-order valence-corrected chi connectivity index (χ2v) is 8.80. The van der Waals surface area contributed by atoms with Crippen LogP contribution in [0.4, 0.5) is 4.79 Å². The highest BCUT2D eigenvalue weighted by Gasteiger charge is 2.44. The summed E-state index contributed by atoms with van der Waals surface area (Å²) in [5, 5.41) is 11.6. The summed E-state index contributed by atoms with van der Waals surface area (Å²) in [6, 6.07) is 15.8. The maximum absolute atomic E-state index is 12.7. The molecule has 0 spiro atoms. The second-order valence-electron chi connectivity index (χ2n) is 8.80. The smallest absolute Gasteiger partial charge is 0.407 e. The van der Waals surface area contributed by atoms with Gasteiger partial charge in [-0.1, -0.05) is 61.4 Å². The fraction of sp³-hybridized carbons (Fsp3) is 0.400.